The van der Waals surface area contributed by atoms with Crippen molar-refractivity contribution < 1.29 is 4.79 Å². The lowest BCUT2D eigenvalue weighted by Crippen LogP contribution is -2.24. The molecular weight excluding hydrogens is 236 g/mol. The molecule has 0 spiro atoms. The predicted octanol–water partition coefficient (Wildman–Crippen LogP) is 1.30. The van der Waals surface area contributed by atoms with Crippen LogP contribution in [0.1, 0.15) is 29.4 Å². The van der Waals surface area contributed by atoms with Crippen molar-refractivity contribution in [3.8, 4) is 12.3 Å². The second-order valence-electron chi connectivity index (χ2n) is 3.37. The van der Waals surface area contributed by atoms with Gasteiger partial charge in [-0.2, -0.15) is 0 Å². The maximum absolute atomic E-state index is 11.7. The van der Waals surface area contributed by atoms with E-state index in [9.17, 15) is 4.79 Å². The lowest BCUT2D eigenvalue weighted by Gasteiger charge is -2.00. The van der Waals surface area contributed by atoms with E-state index in [1.54, 1.807) is 0 Å². The molecule has 0 atom stereocenters. The van der Waals surface area contributed by atoms with Gasteiger partial charge in [0, 0.05) is 19.5 Å². The monoisotopic (exact) mass is 252 g/mol. The zero-order valence-corrected chi connectivity index (χ0v) is 10.6. The van der Waals surface area contributed by atoms with Crippen LogP contribution in [-0.4, -0.2) is 24.0 Å². The molecule has 0 saturated carbocycles. The maximum atomic E-state index is 11.7. The van der Waals surface area contributed by atoms with Gasteiger partial charge in [-0.3, -0.25) is 4.79 Å². The van der Waals surface area contributed by atoms with Crippen molar-refractivity contribution in [1.82, 2.24) is 10.3 Å². The number of hydrogen-bond acceptors (Lipinski definition) is 5. The number of amides is 1. The summed E-state index contributed by atoms with van der Waals surface area (Å²) in [7, 11) is 0. The second-order valence-corrected chi connectivity index (χ2v) is 4.37. The quantitative estimate of drug-likeness (QED) is 0.526. The van der Waals surface area contributed by atoms with Gasteiger partial charge in [0.05, 0.1) is 0 Å². The Morgan fingerprint density at radius 1 is 1.59 bits per heavy atom. The molecule has 0 bridgehead atoms. The van der Waals surface area contributed by atoms with E-state index in [0.717, 1.165) is 13.0 Å². The molecule has 0 aromatic carbocycles. The minimum Gasteiger partial charge on any atom is -0.382 e. The average Bonchev–Trinajstić information content (AvgIpc) is 2.68. The Bertz CT molecular complexity index is 422. The molecule has 0 radical (unpaired) electrons. The maximum Gasteiger partial charge on any atom is 0.265 e. The molecule has 0 saturated heterocycles. The van der Waals surface area contributed by atoms with Crippen LogP contribution in [-0.2, 0) is 0 Å². The van der Waals surface area contributed by atoms with E-state index in [1.807, 2.05) is 0 Å². The molecule has 0 fully saturated rings. The van der Waals surface area contributed by atoms with Crippen LogP contribution in [0.4, 0.5) is 10.9 Å². The largest absolute Gasteiger partial charge is 0.382 e. The van der Waals surface area contributed by atoms with Crippen molar-refractivity contribution in [2.45, 2.75) is 19.8 Å². The number of nitrogens with zero attached hydrogens (tertiary/aromatic N) is 1. The smallest absolute Gasteiger partial charge is 0.265 e. The molecule has 0 aliphatic heterocycles. The summed E-state index contributed by atoms with van der Waals surface area (Å²) in [5, 5.41) is 6.46. The fraction of sp³-hybridized carbons (Fsp3) is 0.455. The van der Waals surface area contributed by atoms with Gasteiger partial charge in [0.2, 0.25) is 0 Å². The van der Waals surface area contributed by atoms with Gasteiger partial charge in [-0.25, -0.2) is 4.98 Å². The third-order valence-electron chi connectivity index (χ3n) is 1.94. The third kappa shape index (κ3) is 3.96. The van der Waals surface area contributed by atoms with Crippen LogP contribution < -0.4 is 16.4 Å². The number of nitrogen functional groups attached to an aromatic ring is 1. The van der Waals surface area contributed by atoms with Gasteiger partial charge in [-0.05, 0) is 6.42 Å². The SMILES string of the molecule is C#CCCNC(=O)c1sc(NCCC)nc1N. The van der Waals surface area contributed by atoms with Gasteiger partial charge >= 0.3 is 0 Å². The van der Waals surface area contributed by atoms with Crippen molar-refractivity contribution in [1.29, 1.82) is 0 Å². The van der Waals surface area contributed by atoms with Crippen molar-refractivity contribution in [3.05, 3.63) is 4.88 Å². The topological polar surface area (TPSA) is 80.0 Å². The Balaban J connectivity index is 2.60. The highest BCUT2D eigenvalue weighted by atomic mass is 32.1. The van der Waals surface area contributed by atoms with E-state index in [1.165, 1.54) is 11.3 Å². The minimum atomic E-state index is -0.222. The Kier molecular flexibility index (Phi) is 5.30. The van der Waals surface area contributed by atoms with E-state index in [-0.39, 0.29) is 11.7 Å². The summed E-state index contributed by atoms with van der Waals surface area (Å²) in [4.78, 5) is 16.2. The molecular formula is C11H16N4OS. The summed E-state index contributed by atoms with van der Waals surface area (Å²) < 4.78 is 0. The van der Waals surface area contributed by atoms with Crippen LogP contribution in [0, 0.1) is 12.3 Å². The molecule has 1 rings (SSSR count). The average molecular weight is 252 g/mol. The highest BCUT2D eigenvalue weighted by Gasteiger charge is 2.15. The van der Waals surface area contributed by atoms with E-state index in [2.05, 4.69) is 28.5 Å². The second kappa shape index (κ2) is 6.76. The number of anilines is 2. The van der Waals surface area contributed by atoms with Crippen LogP contribution in [0.25, 0.3) is 0 Å². The lowest BCUT2D eigenvalue weighted by atomic mass is 10.4. The van der Waals surface area contributed by atoms with Gasteiger partial charge in [0.15, 0.2) is 5.13 Å². The van der Waals surface area contributed by atoms with Gasteiger partial charge < -0.3 is 16.4 Å². The first-order chi connectivity index (χ1) is 8.19. The van der Waals surface area contributed by atoms with E-state index >= 15 is 0 Å². The molecule has 5 nitrogen and oxygen atoms in total. The van der Waals surface area contributed by atoms with Gasteiger partial charge in [0.1, 0.15) is 10.7 Å². The molecule has 0 unspecified atom stereocenters. The first kappa shape index (κ1) is 13.3. The zero-order chi connectivity index (χ0) is 12.7. The number of carbonyl (C=O) groups excluding carboxylic acids is 1. The Morgan fingerprint density at radius 3 is 3.00 bits per heavy atom. The first-order valence-electron chi connectivity index (χ1n) is 5.40. The number of thiazole rings is 1. The molecule has 0 aliphatic carbocycles. The van der Waals surface area contributed by atoms with E-state index in [4.69, 9.17) is 12.2 Å². The van der Waals surface area contributed by atoms with E-state index in [0.29, 0.717) is 23.0 Å². The number of hydrogen-bond donors (Lipinski definition) is 3. The summed E-state index contributed by atoms with van der Waals surface area (Å²) in [5.74, 6) is 2.49. The van der Waals surface area contributed by atoms with Crippen LogP contribution in [0.5, 0.6) is 0 Å². The summed E-state index contributed by atoms with van der Waals surface area (Å²) in [6, 6.07) is 0. The molecule has 92 valence electrons. The van der Waals surface area contributed by atoms with Gasteiger partial charge in [-0.15, -0.1) is 12.3 Å². The normalized spacial score (nSPS) is 9.65. The van der Waals surface area contributed by atoms with Crippen LogP contribution in [0.3, 0.4) is 0 Å². The van der Waals surface area contributed by atoms with Crippen molar-refractivity contribution >= 4 is 28.2 Å². The summed E-state index contributed by atoms with van der Waals surface area (Å²) >= 11 is 1.25. The van der Waals surface area contributed by atoms with Crippen LogP contribution in [0.2, 0.25) is 0 Å². The van der Waals surface area contributed by atoms with Gasteiger partial charge in [0.25, 0.3) is 5.91 Å². The van der Waals surface area contributed by atoms with Crippen LogP contribution in [0.15, 0.2) is 0 Å². The van der Waals surface area contributed by atoms with Gasteiger partial charge in [-0.1, -0.05) is 18.3 Å². The van der Waals surface area contributed by atoms with Crippen molar-refractivity contribution in [2.75, 3.05) is 24.1 Å². The molecule has 6 heteroatoms. The zero-order valence-electron chi connectivity index (χ0n) is 9.75. The Labute approximate surface area is 105 Å². The molecule has 0 aliphatic rings. The fourth-order valence-corrected chi connectivity index (χ4v) is 1.96. The predicted molar refractivity (Wildman–Crippen MR) is 71.1 cm³/mol. The molecule has 1 amide bonds. The number of terminal acetylenes is 1. The molecule has 1 aromatic rings. The number of nitrogens with two attached hydrogens (primary N) is 1. The fourth-order valence-electron chi connectivity index (χ4n) is 1.13. The highest BCUT2D eigenvalue weighted by molar-refractivity contribution is 7.18. The van der Waals surface area contributed by atoms with Crippen molar-refractivity contribution in [3.63, 3.8) is 0 Å². The Hall–Kier alpha value is -1.74. The minimum absolute atomic E-state index is 0.222. The summed E-state index contributed by atoms with van der Waals surface area (Å²) in [5.41, 5.74) is 5.68. The van der Waals surface area contributed by atoms with Crippen LogP contribution >= 0.6 is 11.3 Å². The highest BCUT2D eigenvalue weighted by Crippen LogP contribution is 2.24. The molecule has 17 heavy (non-hydrogen) atoms. The van der Waals surface area contributed by atoms with E-state index < -0.39 is 0 Å². The lowest BCUT2D eigenvalue weighted by molar-refractivity contribution is 0.0959. The van der Waals surface area contributed by atoms with Crippen molar-refractivity contribution in [2.24, 2.45) is 0 Å². The Morgan fingerprint density at radius 2 is 2.35 bits per heavy atom. The first-order valence-corrected chi connectivity index (χ1v) is 6.22. The molecule has 1 heterocycles. The summed E-state index contributed by atoms with van der Waals surface area (Å²) in [6.07, 6.45) is 6.59. The standard InChI is InChI=1S/C11H16N4OS/c1-3-5-7-13-10(16)8-9(12)15-11(17-8)14-6-4-2/h1H,4-7,12H2,2H3,(H,13,16)(H,14,15). The number of nitrogens with one attached hydrogen (secondary N) is 2. The third-order valence-corrected chi connectivity index (χ3v) is 2.97. The number of carbonyl (C=O) groups is 1. The molecule has 1 aromatic heterocycles. The summed E-state index contributed by atoms with van der Waals surface area (Å²) in [6.45, 7) is 3.31. The number of aromatic nitrogens is 1. The molecule has 4 N–H and O–H groups in total. The number of rotatable bonds is 6.